The van der Waals surface area contributed by atoms with Crippen molar-refractivity contribution >= 4 is 84.2 Å². The lowest BCUT2D eigenvalue weighted by molar-refractivity contribution is -0.248. The molecular weight excluding hydrogens is 1230 g/mol. The van der Waals surface area contributed by atoms with Gasteiger partial charge in [0, 0.05) is 92.0 Å². The first-order valence-electron chi connectivity index (χ1n) is 31.5. The summed E-state index contributed by atoms with van der Waals surface area (Å²) in [5.41, 5.74) is 5.60. The number of hydrogen-bond acceptors (Lipinski definition) is 16. The molecule has 6 aliphatic rings. The van der Waals surface area contributed by atoms with Gasteiger partial charge in [0.25, 0.3) is 21.9 Å². The number of carbonyl (C=O) groups excluding carboxylic acids is 6. The van der Waals surface area contributed by atoms with E-state index in [1.807, 2.05) is 60.1 Å². The third-order valence-corrected chi connectivity index (χ3v) is 20.2. The third-order valence-electron chi connectivity index (χ3n) is 18.4. The number of pyridine rings is 1. The van der Waals surface area contributed by atoms with Gasteiger partial charge in [0.2, 0.25) is 11.8 Å². The Morgan fingerprint density at radius 1 is 0.849 bits per heavy atom. The van der Waals surface area contributed by atoms with Gasteiger partial charge in [-0.05, 0) is 136 Å². The van der Waals surface area contributed by atoms with Crippen molar-refractivity contribution in [2.75, 3.05) is 62.4 Å². The number of aromatic nitrogens is 4. The van der Waals surface area contributed by atoms with Gasteiger partial charge < -0.3 is 34.9 Å². The maximum atomic E-state index is 13.8. The van der Waals surface area contributed by atoms with Gasteiger partial charge in [-0.2, -0.15) is 13.5 Å². The van der Waals surface area contributed by atoms with Gasteiger partial charge in [0.05, 0.1) is 40.9 Å². The number of fused-ring (bicyclic) bond motifs is 2. The fraction of sp³-hybridized carbons (Fsp3) is 0.463. The van der Waals surface area contributed by atoms with Crippen molar-refractivity contribution < 1.29 is 65.8 Å². The quantitative estimate of drug-likeness (QED) is 0.0182. The van der Waals surface area contributed by atoms with Crippen molar-refractivity contribution in [3.8, 4) is 28.1 Å². The summed E-state index contributed by atoms with van der Waals surface area (Å²) in [6.07, 6.45) is 12.3. The minimum Gasteiger partial charge on any atom is -0.493 e. The SMILES string of the molecule is Cc1c(-c2ccc(-c3ccc4c(c3)N(C(=O)Nc3nc5ccccc5s3)CCC4)nc2C(=O)O)cnn1CC12CC3(C)CC(C)(C1)CC(OCCN(C)C(=O)OCc1ccccc1OCCCNC(=O)[C@H](CS(=O)(=O)O)NC(=O)CCCCCN1C(=O)C=CC1=O)(C3)C2. The molecule has 93 heavy (non-hydrogen) atoms. The van der Waals surface area contributed by atoms with Gasteiger partial charge >= 0.3 is 18.1 Å². The van der Waals surface area contributed by atoms with E-state index in [-0.39, 0.29) is 80.3 Å². The zero-order valence-corrected chi connectivity index (χ0v) is 54.2. The second kappa shape index (κ2) is 27.2. The molecular formula is C67H78N10O14S2. The van der Waals surface area contributed by atoms with Crippen LogP contribution in [-0.4, -0.2) is 153 Å². The molecule has 4 fully saturated rings. The van der Waals surface area contributed by atoms with E-state index in [0.29, 0.717) is 71.2 Å². The molecule has 2 aliphatic heterocycles. The molecule has 4 saturated carbocycles. The van der Waals surface area contributed by atoms with Gasteiger partial charge in [-0.25, -0.2) is 24.4 Å². The number of carboxylic acids is 1. The highest BCUT2D eigenvalue weighted by Gasteiger charge is 2.66. The largest absolute Gasteiger partial charge is 0.493 e. The molecule has 0 saturated heterocycles. The van der Waals surface area contributed by atoms with Crippen LogP contribution in [0.15, 0.2) is 97.2 Å². The third kappa shape index (κ3) is 15.4. The van der Waals surface area contributed by atoms with Crippen LogP contribution in [0.4, 0.5) is 20.4 Å². The van der Waals surface area contributed by atoms with Crippen LogP contribution in [0, 0.1) is 23.2 Å². The molecule has 492 valence electrons. The lowest BCUT2D eigenvalue weighted by atomic mass is 9.39. The molecule has 0 spiro atoms. The van der Waals surface area contributed by atoms with Crippen LogP contribution in [0.2, 0.25) is 0 Å². The number of carboxylic acid groups (broad SMARTS) is 1. The number of likely N-dealkylation sites (N-methyl/N-ethyl adjacent to an activating group) is 1. The smallest absolute Gasteiger partial charge is 0.409 e. The molecule has 24 nitrogen and oxygen atoms in total. The van der Waals surface area contributed by atoms with Crippen LogP contribution in [0.3, 0.4) is 0 Å². The van der Waals surface area contributed by atoms with E-state index in [4.69, 9.17) is 24.3 Å². The highest BCUT2D eigenvalue weighted by Crippen LogP contribution is 2.72. The molecule has 3 aromatic heterocycles. The number of rotatable bonds is 27. The normalized spacial score (nSPS) is 21.6. The van der Waals surface area contributed by atoms with Gasteiger partial charge in [0.15, 0.2) is 10.8 Å². The van der Waals surface area contributed by atoms with Crippen molar-refractivity contribution in [1.29, 1.82) is 0 Å². The Morgan fingerprint density at radius 3 is 2.35 bits per heavy atom. The minimum absolute atomic E-state index is 0.00392. The molecule has 12 rings (SSSR count). The Kier molecular flexibility index (Phi) is 19.2. The number of thiazole rings is 1. The van der Waals surface area contributed by atoms with Crippen LogP contribution < -0.4 is 25.6 Å². The van der Waals surface area contributed by atoms with Crippen LogP contribution in [-0.2, 0) is 58.3 Å². The van der Waals surface area contributed by atoms with E-state index < -0.39 is 63.2 Å². The summed E-state index contributed by atoms with van der Waals surface area (Å²) in [5.74, 6) is -3.97. The van der Waals surface area contributed by atoms with Crippen LogP contribution >= 0.6 is 11.3 Å². The number of carbonyl (C=O) groups is 7. The van der Waals surface area contributed by atoms with E-state index in [2.05, 4.69) is 34.8 Å². The van der Waals surface area contributed by atoms with E-state index in [1.54, 1.807) is 48.5 Å². The van der Waals surface area contributed by atoms with Crippen LogP contribution in [0.25, 0.3) is 32.6 Å². The molecule has 4 bridgehead atoms. The molecule has 2 unspecified atom stereocenters. The number of unbranched alkanes of at least 4 members (excludes halogenated alkanes) is 2. The van der Waals surface area contributed by atoms with Gasteiger partial charge in [0.1, 0.15) is 24.2 Å². The monoisotopic (exact) mass is 1310 g/mol. The highest BCUT2D eigenvalue weighted by atomic mass is 32.2. The van der Waals surface area contributed by atoms with E-state index >= 15 is 0 Å². The molecule has 4 aliphatic carbocycles. The zero-order chi connectivity index (χ0) is 65.9. The Bertz CT molecular complexity index is 3970. The Hall–Kier alpha value is -8.59. The lowest BCUT2D eigenvalue weighted by Gasteiger charge is -2.69. The summed E-state index contributed by atoms with van der Waals surface area (Å²) in [6, 6.07) is 22.4. The average Bonchev–Trinajstić information content (AvgIpc) is 1.000. The molecule has 7 amide bonds. The van der Waals surface area contributed by atoms with Crippen LogP contribution in [0.5, 0.6) is 5.75 Å². The fourth-order valence-corrected chi connectivity index (χ4v) is 17.0. The number of anilines is 2. The number of aryl methyl sites for hydroxylation is 1. The van der Waals surface area contributed by atoms with E-state index in [0.717, 1.165) is 83.4 Å². The predicted molar refractivity (Wildman–Crippen MR) is 347 cm³/mol. The first-order chi connectivity index (χ1) is 44.4. The standard InChI is InChI=1S/C67H78N10O14S2/c1-43-48(47-22-23-49(71-58(47)60(82)83)45-21-20-44-15-12-28-75(52(44)32-45)62(84)73-61-72-50-16-8-10-18-54(50)92-61)33-69-77(43)42-66-37-64(2)36-65(3,38-66)40-67(39-64,41-66)91-31-29-74(4)63(85)90-34-46-14-7-9-17-53(46)89-30-13-26-68-59(81)51(35-93(86,87)88)70-55(78)19-6-5-11-27-76-56(79)24-25-57(76)80/h7-10,14,16-18,20-25,32-33,51H,5-6,11-13,15,19,26-31,34-42H2,1-4H3,(H,68,81)(H,70,78)(H,82,83)(H,72,73,84)(H,86,87,88)/t51-,64?,65?,66?,67?/m0/s1. The fourth-order valence-electron chi connectivity index (χ4n) is 15.5. The Labute approximate surface area is 543 Å². The number of benzene rings is 3. The first-order valence-corrected chi connectivity index (χ1v) is 33.9. The number of nitrogens with zero attached hydrogens (tertiary/aromatic N) is 7. The number of imide groups is 1. The number of urea groups is 1. The van der Waals surface area contributed by atoms with Crippen molar-refractivity contribution in [2.45, 2.75) is 129 Å². The van der Waals surface area contributed by atoms with Gasteiger partial charge in [-0.3, -0.25) is 43.5 Å². The highest BCUT2D eigenvalue weighted by molar-refractivity contribution is 7.85. The van der Waals surface area contributed by atoms with E-state index in [9.17, 15) is 51.6 Å². The molecule has 5 N–H and O–H groups in total. The van der Waals surface area contributed by atoms with Crippen LogP contribution in [0.1, 0.15) is 118 Å². The molecule has 3 aromatic carbocycles. The maximum Gasteiger partial charge on any atom is 0.409 e. The summed E-state index contributed by atoms with van der Waals surface area (Å²) in [5, 5.41) is 24.1. The lowest BCUT2D eigenvalue weighted by Crippen LogP contribution is -2.64. The number of hydrogen-bond donors (Lipinski definition) is 5. The molecule has 0 radical (unpaired) electrons. The number of para-hydroxylation sites is 2. The predicted octanol–water partition coefficient (Wildman–Crippen LogP) is 9.36. The van der Waals surface area contributed by atoms with E-state index in [1.165, 1.54) is 28.4 Å². The molecule has 3 atom stereocenters. The van der Waals surface area contributed by atoms with Crippen molar-refractivity contribution in [1.82, 2.24) is 40.2 Å². The maximum absolute atomic E-state index is 13.8. The number of nitrogens with one attached hydrogen (secondary N) is 3. The van der Waals surface area contributed by atoms with Crippen molar-refractivity contribution in [3.63, 3.8) is 0 Å². The topological polar surface area (TPSA) is 311 Å². The number of aromatic carboxylic acids is 1. The number of amides is 7. The first kappa shape index (κ1) is 65.9. The molecule has 26 heteroatoms. The second-order valence-electron chi connectivity index (χ2n) is 26.3. The summed E-state index contributed by atoms with van der Waals surface area (Å²) < 4.78 is 54.8. The summed E-state index contributed by atoms with van der Waals surface area (Å²) in [4.78, 5) is 103. The van der Waals surface area contributed by atoms with Crippen molar-refractivity contribution in [3.05, 3.63) is 120 Å². The summed E-state index contributed by atoms with van der Waals surface area (Å²) in [7, 11) is -2.99. The van der Waals surface area contributed by atoms with Gasteiger partial charge in [-0.1, -0.05) is 74.1 Å². The van der Waals surface area contributed by atoms with Gasteiger partial charge in [-0.15, -0.1) is 0 Å². The molecule has 5 heterocycles. The minimum atomic E-state index is -4.65. The van der Waals surface area contributed by atoms with Crippen molar-refractivity contribution in [2.24, 2.45) is 16.2 Å². The Morgan fingerprint density at radius 2 is 1.60 bits per heavy atom. The summed E-state index contributed by atoms with van der Waals surface area (Å²) >= 11 is 1.41. The summed E-state index contributed by atoms with van der Waals surface area (Å²) in [6.45, 7) is 8.65. The average molecular weight is 1310 g/mol. The Balaban J connectivity index is 0.657. The molecule has 6 aromatic rings. The zero-order valence-electron chi connectivity index (χ0n) is 52.6. The number of ether oxygens (including phenoxy) is 3. The second-order valence-corrected chi connectivity index (χ2v) is 28.9.